The van der Waals surface area contributed by atoms with E-state index in [1.165, 1.54) is 6.07 Å². The van der Waals surface area contributed by atoms with Gasteiger partial charge >= 0.3 is 12.3 Å². The molecule has 0 aliphatic heterocycles. The van der Waals surface area contributed by atoms with Crippen LogP contribution in [-0.2, 0) is 17.3 Å². The van der Waals surface area contributed by atoms with Gasteiger partial charge in [-0.3, -0.25) is 0 Å². The van der Waals surface area contributed by atoms with E-state index in [2.05, 4.69) is 10.3 Å². The monoisotopic (exact) mass is 404 g/mol. The van der Waals surface area contributed by atoms with E-state index in [1.807, 2.05) is 24.3 Å². The van der Waals surface area contributed by atoms with Crippen LogP contribution in [0.3, 0.4) is 0 Å². The second kappa shape index (κ2) is 7.81. The van der Waals surface area contributed by atoms with Crippen LogP contribution in [0.15, 0.2) is 54.7 Å². The average molecular weight is 404 g/mol. The highest BCUT2D eigenvalue weighted by Gasteiger charge is 2.32. The number of rotatable bonds is 4. The first-order chi connectivity index (χ1) is 13.5. The van der Waals surface area contributed by atoms with Gasteiger partial charge in [-0.15, -0.1) is 0 Å². The maximum absolute atomic E-state index is 13.2. The van der Waals surface area contributed by atoms with Crippen molar-refractivity contribution in [3.8, 4) is 0 Å². The molecule has 0 saturated heterocycles. The van der Waals surface area contributed by atoms with E-state index in [0.717, 1.165) is 28.6 Å². The van der Waals surface area contributed by atoms with E-state index in [1.54, 1.807) is 33.0 Å². The molecule has 3 aromatic rings. The number of aromatic nitrogens is 1. The molecule has 4 nitrogen and oxygen atoms in total. The molecule has 0 bridgehead atoms. The van der Waals surface area contributed by atoms with Gasteiger partial charge in [0.1, 0.15) is 6.10 Å². The zero-order valence-electron chi connectivity index (χ0n) is 16.4. The normalized spacial score (nSPS) is 13.3. The fourth-order valence-corrected chi connectivity index (χ4v) is 3.11. The Bertz CT molecular complexity index is 1000. The van der Waals surface area contributed by atoms with Crippen LogP contribution in [0.5, 0.6) is 0 Å². The molecule has 0 radical (unpaired) electrons. The van der Waals surface area contributed by atoms with Gasteiger partial charge in [-0.25, -0.2) is 4.79 Å². The summed E-state index contributed by atoms with van der Waals surface area (Å²) in [7, 11) is 0. The van der Waals surface area contributed by atoms with Crippen LogP contribution in [0.2, 0.25) is 0 Å². The fourth-order valence-electron chi connectivity index (χ4n) is 3.11. The van der Waals surface area contributed by atoms with E-state index < -0.39 is 29.5 Å². The zero-order chi connectivity index (χ0) is 21.2. The quantitative estimate of drug-likeness (QED) is 0.561. The van der Waals surface area contributed by atoms with Crippen molar-refractivity contribution in [3.05, 3.63) is 71.4 Å². The molecule has 154 valence electrons. The summed E-state index contributed by atoms with van der Waals surface area (Å²) in [4.78, 5) is 15.5. The Balaban J connectivity index is 1.94. The molecular weight excluding hydrogens is 381 g/mol. The SMILES string of the molecule is CC(C)(C)NC(=O)O[C@H](Cc1c[nH]c2ccccc12)c1cccc(C(F)(F)F)c1. The molecule has 7 heteroatoms. The lowest BCUT2D eigenvalue weighted by molar-refractivity contribution is -0.137. The topological polar surface area (TPSA) is 54.1 Å². The molecule has 1 heterocycles. The van der Waals surface area contributed by atoms with Crippen molar-refractivity contribution < 1.29 is 22.7 Å². The van der Waals surface area contributed by atoms with Crippen molar-refractivity contribution >= 4 is 17.0 Å². The highest BCUT2D eigenvalue weighted by Crippen LogP contribution is 2.33. The number of halogens is 3. The van der Waals surface area contributed by atoms with Crippen molar-refractivity contribution in [2.45, 2.75) is 45.0 Å². The maximum Gasteiger partial charge on any atom is 0.416 e. The van der Waals surface area contributed by atoms with Crippen molar-refractivity contribution in [3.63, 3.8) is 0 Å². The number of amides is 1. The van der Waals surface area contributed by atoms with Crippen LogP contribution in [0, 0.1) is 0 Å². The average Bonchev–Trinajstić information content (AvgIpc) is 3.02. The van der Waals surface area contributed by atoms with E-state index in [0.29, 0.717) is 0 Å². The number of alkyl halides is 3. The standard InChI is InChI=1S/C22H23F3N2O2/c1-21(2,3)27-20(28)29-19(14-7-6-8-16(11-14)22(23,24)25)12-15-13-26-18-10-5-4-9-17(15)18/h4-11,13,19,26H,12H2,1-3H3,(H,27,28)/t19-/m1/s1. The van der Waals surface area contributed by atoms with E-state index in [4.69, 9.17) is 4.74 Å². The summed E-state index contributed by atoms with van der Waals surface area (Å²) in [5, 5.41) is 3.62. The Morgan fingerprint density at radius 1 is 1.10 bits per heavy atom. The number of alkyl carbamates (subject to hydrolysis) is 1. The van der Waals surface area contributed by atoms with Crippen molar-refractivity contribution in [2.75, 3.05) is 0 Å². The number of carbonyl (C=O) groups excluding carboxylic acids is 1. The Hall–Kier alpha value is -2.96. The molecular formula is C22H23F3N2O2. The van der Waals surface area contributed by atoms with Crippen LogP contribution in [0.1, 0.15) is 43.6 Å². The molecule has 0 aliphatic rings. The van der Waals surface area contributed by atoms with Crippen LogP contribution in [0.4, 0.5) is 18.0 Å². The minimum absolute atomic E-state index is 0.239. The zero-order valence-corrected chi connectivity index (χ0v) is 16.4. The van der Waals surface area contributed by atoms with Gasteiger partial charge in [-0.05, 0) is 50.1 Å². The Kier molecular flexibility index (Phi) is 5.59. The number of hydrogen-bond acceptors (Lipinski definition) is 2. The van der Waals surface area contributed by atoms with Crippen LogP contribution < -0.4 is 5.32 Å². The van der Waals surface area contributed by atoms with Crippen molar-refractivity contribution in [2.24, 2.45) is 0 Å². The smallest absolute Gasteiger partial charge is 0.416 e. The summed E-state index contributed by atoms with van der Waals surface area (Å²) < 4.78 is 45.1. The minimum Gasteiger partial charge on any atom is -0.441 e. The first-order valence-corrected chi connectivity index (χ1v) is 9.24. The van der Waals surface area contributed by atoms with Crippen molar-refractivity contribution in [1.29, 1.82) is 0 Å². The van der Waals surface area contributed by atoms with Gasteiger partial charge in [0.05, 0.1) is 5.56 Å². The lowest BCUT2D eigenvalue weighted by atomic mass is 9.99. The van der Waals surface area contributed by atoms with Crippen LogP contribution in [0.25, 0.3) is 10.9 Å². The molecule has 2 N–H and O–H groups in total. The van der Waals surface area contributed by atoms with Gasteiger partial charge in [-0.2, -0.15) is 13.2 Å². The number of benzene rings is 2. The summed E-state index contributed by atoms with van der Waals surface area (Å²) in [6.45, 7) is 5.40. The number of hydrogen-bond donors (Lipinski definition) is 2. The number of H-pyrrole nitrogens is 1. The van der Waals surface area contributed by atoms with E-state index >= 15 is 0 Å². The summed E-state index contributed by atoms with van der Waals surface area (Å²) >= 11 is 0. The number of aromatic amines is 1. The molecule has 0 spiro atoms. The molecule has 0 fully saturated rings. The third kappa shape index (κ3) is 5.31. The molecule has 0 aliphatic carbocycles. The molecule has 2 aromatic carbocycles. The molecule has 1 atom stereocenters. The van der Waals surface area contributed by atoms with E-state index in [9.17, 15) is 18.0 Å². The van der Waals surface area contributed by atoms with Gasteiger partial charge < -0.3 is 15.0 Å². The predicted molar refractivity (Wildman–Crippen MR) is 106 cm³/mol. The fraction of sp³-hybridized carbons (Fsp3) is 0.318. The molecule has 0 unspecified atom stereocenters. The number of ether oxygens (including phenoxy) is 1. The highest BCUT2D eigenvalue weighted by molar-refractivity contribution is 5.83. The molecule has 29 heavy (non-hydrogen) atoms. The lowest BCUT2D eigenvalue weighted by Gasteiger charge is -2.24. The summed E-state index contributed by atoms with van der Waals surface area (Å²) in [5.74, 6) is 0. The van der Waals surface area contributed by atoms with Gasteiger partial charge in [0, 0.05) is 29.1 Å². The number of para-hydroxylation sites is 1. The van der Waals surface area contributed by atoms with Gasteiger partial charge in [0.25, 0.3) is 0 Å². The van der Waals surface area contributed by atoms with Gasteiger partial charge in [-0.1, -0.05) is 30.3 Å². The Morgan fingerprint density at radius 2 is 1.83 bits per heavy atom. The third-order valence-corrected chi connectivity index (χ3v) is 4.39. The van der Waals surface area contributed by atoms with Gasteiger partial charge in [0.2, 0.25) is 0 Å². The summed E-state index contributed by atoms with van der Waals surface area (Å²) in [5.41, 5.74) is 0.736. The number of carbonyl (C=O) groups is 1. The number of nitrogens with one attached hydrogen (secondary N) is 2. The molecule has 1 aromatic heterocycles. The van der Waals surface area contributed by atoms with Crippen LogP contribution in [-0.4, -0.2) is 16.6 Å². The van der Waals surface area contributed by atoms with E-state index in [-0.39, 0.29) is 12.0 Å². The molecule has 3 rings (SSSR count). The van der Waals surface area contributed by atoms with Crippen molar-refractivity contribution in [1.82, 2.24) is 10.3 Å². The first kappa shape index (κ1) is 20.8. The summed E-state index contributed by atoms with van der Waals surface area (Å²) in [6.07, 6.45) is -4.01. The second-order valence-electron chi connectivity index (χ2n) is 7.96. The lowest BCUT2D eigenvalue weighted by Crippen LogP contribution is -2.41. The highest BCUT2D eigenvalue weighted by atomic mass is 19.4. The minimum atomic E-state index is -4.48. The number of fused-ring (bicyclic) bond motifs is 1. The largest absolute Gasteiger partial charge is 0.441 e. The summed E-state index contributed by atoms with van der Waals surface area (Å²) in [6, 6.07) is 12.5. The van der Waals surface area contributed by atoms with Crippen LogP contribution >= 0.6 is 0 Å². The first-order valence-electron chi connectivity index (χ1n) is 9.24. The predicted octanol–water partition coefficient (Wildman–Crippen LogP) is 6.00. The maximum atomic E-state index is 13.2. The molecule has 1 amide bonds. The third-order valence-electron chi connectivity index (χ3n) is 4.39. The van der Waals surface area contributed by atoms with Gasteiger partial charge in [0.15, 0.2) is 0 Å². The second-order valence-corrected chi connectivity index (χ2v) is 7.96. The molecule has 0 saturated carbocycles. The Labute approximate surface area is 167 Å². The Morgan fingerprint density at radius 3 is 2.52 bits per heavy atom.